The summed E-state index contributed by atoms with van der Waals surface area (Å²) < 4.78 is 11.2. The lowest BCUT2D eigenvalue weighted by Crippen LogP contribution is -2.44. The first-order chi connectivity index (χ1) is 13.3. The number of hydrogen-bond acceptors (Lipinski definition) is 4. The highest BCUT2D eigenvalue weighted by Crippen LogP contribution is 2.24. The van der Waals surface area contributed by atoms with Gasteiger partial charge in [0, 0.05) is 25.3 Å². The number of nitrogens with zero attached hydrogens (tertiary/aromatic N) is 1. The molecule has 2 aromatic rings. The van der Waals surface area contributed by atoms with Crippen LogP contribution < -0.4 is 15.4 Å². The number of fused-ring (bicyclic) bond motifs is 1. The van der Waals surface area contributed by atoms with E-state index in [9.17, 15) is 4.79 Å². The zero-order chi connectivity index (χ0) is 18.5. The first kappa shape index (κ1) is 17.8. The third-order valence-corrected chi connectivity index (χ3v) is 4.98. The molecule has 2 heterocycles. The molecule has 1 atom stereocenters. The van der Waals surface area contributed by atoms with Crippen molar-refractivity contribution in [3.8, 4) is 5.75 Å². The number of carbonyl (C=O) groups excluding carboxylic acids is 1. The Labute approximate surface area is 159 Å². The number of amides is 2. The van der Waals surface area contributed by atoms with Gasteiger partial charge in [-0.2, -0.15) is 0 Å². The Morgan fingerprint density at radius 3 is 2.74 bits per heavy atom. The summed E-state index contributed by atoms with van der Waals surface area (Å²) in [5.41, 5.74) is 3.08. The molecule has 6 nitrogen and oxygen atoms in total. The molecule has 0 saturated carbocycles. The average molecular weight is 367 g/mol. The third-order valence-electron chi connectivity index (χ3n) is 4.98. The smallest absolute Gasteiger partial charge is 0.319 e. The molecule has 0 aliphatic carbocycles. The summed E-state index contributed by atoms with van der Waals surface area (Å²) in [6.07, 6.45) is 0.777. The van der Waals surface area contributed by atoms with E-state index < -0.39 is 0 Å². The third kappa shape index (κ3) is 4.59. The van der Waals surface area contributed by atoms with E-state index in [1.807, 2.05) is 42.5 Å². The Morgan fingerprint density at radius 2 is 1.85 bits per heavy atom. The number of benzene rings is 2. The van der Waals surface area contributed by atoms with E-state index in [1.54, 1.807) is 0 Å². The molecule has 0 unspecified atom stereocenters. The summed E-state index contributed by atoms with van der Waals surface area (Å²) in [5, 5.41) is 6.04. The maximum Gasteiger partial charge on any atom is 0.319 e. The molecule has 27 heavy (non-hydrogen) atoms. The molecular weight excluding hydrogens is 342 g/mol. The summed E-state index contributed by atoms with van der Waals surface area (Å²) in [4.78, 5) is 14.9. The second-order valence-corrected chi connectivity index (χ2v) is 6.96. The highest BCUT2D eigenvalue weighted by molar-refractivity contribution is 5.90. The fourth-order valence-corrected chi connectivity index (χ4v) is 3.54. The van der Waals surface area contributed by atoms with Gasteiger partial charge in [0.05, 0.1) is 19.3 Å². The van der Waals surface area contributed by atoms with Gasteiger partial charge >= 0.3 is 6.03 Å². The zero-order valence-corrected chi connectivity index (χ0v) is 15.3. The quantitative estimate of drug-likeness (QED) is 0.872. The minimum atomic E-state index is -0.197. The SMILES string of the molecule is O=C(Nc1ccccc1CN1CCOCC1)N[C@@H]1COc2ccccc2C1. The Balaban J connectivity index is 1.36. The van der Waals surface area contributed by atoms with Gasteiger partial charge in [-0.1, -0.05) is 36.4 Å². The summed E-state index contributed by atoms with van der Waals surface area (Å²) in [7, 11) is 0. The van der Waals surface area contributed by atoms with Crippen molar-refractivity contribution in [2.75, 3.05) is 38.2 Å². The van der Waals surface area contributed by atoms with E-state index in [1.165, 1.54) is 0 Å². The first-order valence-electron chi connectivity index (χ1n) is 9.44. The van der Waals surface area contributed by atoms with Gasteiger partial charge in [0.15, 0.2) is 0 Å². The Hall–Kier alpha value is -2.57. The van der Waals surface area contributed by atoms with Crippen LogP contribution in [0.3, 0.4) is 0 Å². The van der Waals surface area contributed by atoms with E-state index in [0.717, 1.165) is 61.8 Å². The molecule has 0 spiro atoms. The highest BCUT2D eigenvalue weighted by Gasteiger charge is 2.21. The largest absolute Gasteiger partial charge is 0.491 e. The van der Waals surface area contributed by atoms with Crippen molar-refractivity contribution in [2.45, 2.75) is 19.0 Å². The molecule has 0 aromatic heterocycles. The number of anilines is 1. The van der Waals surface area contributed by atoms with E-state index >= 15 is 0 Å². The van der Waals surface area contributed by atoms with Crippen LogP contribution in [0, 0.1) is 0 Å². The van der Waals surface area contributed by atoms with Crippen LogP contribution in [0.1, 0.15) is 11.1 Å². The molecule has 2 amide bonds. The summed E-state index contributed by atoms with van der Waals surface area (Å²) in [5.74, 6) is 0.909. The van der Waals surface area contributed by atoms with E-state index in [2.05, 4.69) is 21.6 Å². The number of hydrogen-bond donors (Lipinski definition) is 2. The van der Waals surface area contributed by atoms with Gasteiger partial charge in [0.2, 0.25) is 0 Å². The molecule has 6 heteroatoms. The molecule has 1 fully saturated rings. The van der Waals surface area contributed by atoms with Gasteiger partial charge in [-0.15, -0.1) is 0 Å². The number of ether oxygens (including phenoxy) is 2. The molecule has 2 aliphatic heterocycles. The fraction of sp³-hybridized carbons (Fsp3) is 0.381. The molecule has 0 bridgehead atoms. The molecule has 2 N–H and O–H groups in total. The van der Waals surface area contributed by atoms with Gasteiger partial charge in [-0.3, -0.25) is 4.90 Å². The van der Waals surface area contributed by atoms with Gasteiger partial charge in [0.25, 0.3) is 0 Å². The highest BCUT2D eigenvalue weighted by atomic mass is 16.5. The van der Waals surface area contributed by atoms with Crippen LogP contribution in [-0.4, -0.2) is 49.9 Å². The Kier molecular flexibility index (Phi) is 5.55. The van der Waals surface area contributed by atoms with Crippen LogP contribution in [0.2, 0.25) is 0 Å². The molecule has 1 saturated heterocycles. The van der Waals surface area contributed by atoms with Crippen molar-refractivity contribution in [2.24, 2.45) is 0 Å². The maximum atomic E-state index is 12.5. The Morgan fingerprint density at radius 1 is 1.07 bits per heavy atom. The Bertz CT molecular complexity index is 790. The van der Waals surface area contributed by atoms with Crippen molar-refractivity contribution in [3.63, 3.8) is 0 Å². The monoisotopic (exact) mass is 367 g/mol. The summed E-state index contributed by atoms with van der Waals surface area (Å²) in [6.45, 7) is 4.65. The number of urea groups is 1. The fourth-order valence-electron chi connectivity index (χ4n) is 3.54. The van der Waals surface area contributed by atoms with Crippen LogP contribution in [0.25, 0.3) is 0 Å². The van der Waals surface area contributed by atoms with Crippen LogP contribution in [0.4, 0.5) is 10.5 Å². The minimum absolute atomic E-state index is 0.0358. The lowest BCUT2D eigenvalue weighted by Gasteiger charge is -2.28. The molecular formula is C21H25N3O3. The summed E-state index contributed by atoms with van der Waals surface area (Å²) in [6, 6.07) is 15.7. The minimum Gasteiger partial charge on any atom is -0.491 e. The molecule has 0 radical (unpaired) electrons. The van der Waals surface area contributed by atoms with Gasteiger partial charge in [-0.05, 0) is 29.7 Å². The van der Waals surface area contributed by atoms with Crippen molar-refractivity contribution in [1.82, 2.24) is 10.2 Å². The molecule has 2 aromatic carbocycles. The maximum absolute atomic E-state index is 12.5. The molecule has 2 aliphatic rings. The number of nitrogens with one attached hydrogen (secondary N) is 2. The van der Waals surface area contributed by atoms with Crippen LogP contribution in [0.5, 0.6) is 5.75 Å². The van der Waals surface area contributed by atoms with Gasteiger partial charge < -0.3 is 20.1 Å². The van der Waals surface area contributed by atoms with E-state index in [0.29, 0.717) is 6.61 Å². The zero-order valence-electron chi connectivity index (χ0n) is 15.3. The second-order valence-electron chi connectivity index (χ2n) is 6.96. The molecule has 4 rings (SSSR count). The van der Waals surface area contributed by atoms with E-state index in [-0.39, 0.29) is 12.1 Å². The summed E-state index contributed by atoms with van der Waals surface area (Å²) >= 11 is 0. The second kappa shape index (κ2) is 8.41. The first-order valence-corrected chi connectivity index (χ1v) is 9.44. The number of rotatable bonds is 4. The van der Waals surface area contributed by atoms with Crippen LogP contribution in [0.15, 0.2) is 48.5 Å². The van der Waals surface area contributed by atoms with Crippen molar-refractivity contribution in [1.29, 1.82) is 0 Å². The van der Waals surface area contributed by atoms with Crippen molar-refractivity contribution >= 4 is 11.7 Å². The van der Waals surface area contributed by atoms with Crippen molar-refractivity contribution < 1.29 is 14.3 Å². The van der Waals surface area contributed by atoms with Crippen LogP contribution in [-0.2, 0) is 17.7 Å². The molecule has 142 valence electrons. The van der Waals surface area contributed by atoms with E-state index in [4.69, 9.17) is 9.47 Å². The number of morpholine rings is 1. The van der Waals surface area contributed by atoms with Gasteiger partial charge in [-0.25, -0.2) is 4.79 Å². The average Bonchev–Trinajstić information content (AvgIpc) is 2.70. The van der Waals surface area contributed by atoms with Crippen LogP contribution >= 0.6 is 0 Å². The standard InChI is InChI=1S/C21H25N3O3/c25-21(22-18-13-16-5-2-4-8-20(16)27-15-18)23-19-7-3-1-6-17(19)14-24-9-11-26-12-10-24/h1-8,18H,9-15H2,(H2,22,23,25)/t18-/m0/s1. The van der Waals surface area contributed by atoms with Crippen molar-refractivity contribution in [3.05, 3.63) is 59.7 Å². The lowest BCUT2D eigenvalue weighted by molar-refractivity contribution is 0.0343. The van der Waals surface area contributed by atoms with Gasteiger partial charge in [0.1, 0.15) is 12.4 Å². The number of carbonyl (C=O) groups is 1. The predicted molar refractivity (Wildman–Crippen MR) is 104 cm³/mol. The predicted octanol–water partition coefficient (Wildman–Crippen LogP) is 2.64. The topological polar surface area (TPSA) is 62.8 Å². The lowest BCUT2D eigenvalue weighted by atomic mass is 10.0. The normalized spacial score (nSPS) is 19.6. The number of para-hydroxylation sites is 2.